The van der Waals surface area contributed by atoms with Crippen molar-refractivity contribution < 1.29 is 9.18 Å². The number of halogens is 2. The minimum absolute atomic E-state index is 0.0816. The Hall–Kier alpha value is -0.900. The van der Waals surface area contributed by atoms with E-state index in [-0.39, 0.29) is 15.7 Å². The maximum atomic E-state index is 13.1. The molecule has 0 bridgehead atoms. The van der Waals surface area contributed by atoms with Gasteiger partial charge in [0.15, 0.2) is 6.29 Å². The summed E-state index contributed by atoms with van der Waals surface area (Å²) < 4.78 is 13.3. The third kappa shape index (κ3) is 1.34. The number of carbonyl (C=O) groups excluding carboxylic acids is 1. The summed E-state index contributed by atoms with van der Waals surface area (Å²) in [5.74, 6) is -0.604. The van der Waals surface area contributed by atoms with Crippen LogP contribution in [0.1, 0.15) is 15.9 Å². The second kappa shape index (κ2) is 3.23. The number of hydrogen-bond acceptors (Lipinski definition) is 2. The van der Waals surface area contributed by atoms with Gasteiger partial charge >= 0.3 is 0 Å². The van der Waals surface area contributed by atoms with Crippen LogP contribution in [0, 0.1) is 12.7 Å². The molecule has 0 fully saturated rings. The Kier molecular flexibility index (Phi) is 2.47. The Balaban J connectivity index is 3.52. The Morgan fingerprint density at radius 1 is 1.67 bits per heavy atom. The summed E-state index contributed by atoms with van der Waals surface area (Å²) in [6, 6.07) is 1.54. The summed E-state index contributed by atoms with van der Waals surface area (Å²) in [4.78, 5) is 10.4. The van der Waals surface area contributed by atoms with Crippen LogP contribution in [0.15, 0.2) is 10.5 Å². The largest absolute Gasteiger partial charge is 0.398 e. The van der Waals surface area contributed by atoms with Gasteiger partial charge in [-0.3, -0.25) is 4.79 Å². The minimum atomic E-state index is -0.604. The molecule has 0 radical (unpaired) electrons. The molecule has 12 heavy (non-hydrogen) atoms. The average Bonchev–Trinajstić information content (AvgIpc) is 2.02. The number of rotatable bonds is 1. The van der Waals surface area contributed by atoms with Gasteiger partial charge in [-0.15, -0.1) is 0 Å². The highest BCUT2D eigenvalue weighted by molar-refractivity contribution is 9.10. The lowest BCUT2D eigenvalue weighted by Crippen LogP contribution is -2.00. The van der Waals surface area contributed by atoms with Crippen molar-refractivity contribution in [2.75, 3.05) is 5.73 Å². The van der Waals surface area contributed by atoms with E-state index in [1.165, 1.54) is 6.07 Å². The molecule has 0 atom stereocenters. The van der Waals surface area contributed by atoms with Crippen LogP contribution < -0.4 is 5.73 Å². The van der Waals surface area contributed by atoms with Crippen LogP contribution in [0.3, 0.4) is 0 Å². The van der Waals surface area contributed by atoms with E-state index >= 15 is 0 Å². The number of hydrogen-bond donors (Lipinski definition) is 1. The second-order valence-corrected chi connectivity index (χ2v) is 3.29. The second-order valence-electron chi connectivity index (χ2n) is 2.43. The predicted molar refractivity (Wildman–Crippen MR) is 48.6 cm³/mol. The number of aldehydes is 1. The van der Waals surface area contributed by atoms with Crippen molar-refractivity contribution in [3.8, 4) is 0 Å². The smallest absolute Gasteiger partial charge is 0.155 e. The molecule has 0 saturated heterocycles. The van der Waals surface area contributed by atoms with Crippen LogP contribution in [0.2, 0.25) is 0 Å². The fraction of sp³-hybridized carbons (Fsp3) is 0.125. The van der Waals surface area contributed by atoms with E-state index in [0.29, 0.717) is 11.8 Å². The molecular weight excluding hydrogens is 225 g/mol. The SMILES string of the molecule is Cc1cc(Br)c(F)c(C=O)c1N. The molecule has 0 aliphatic rings. The van der Waals surface area contributed by atoms with E-state index in [2.05, 4.69) is 15.9 Å². The summed E-state index contributed by atoms with van der Waals surface area (Å²) >= 11 is 2.98. The fourth-order valence-corrected chi connectivity index (χ4v) is 1.46. The van der Waals surface area contributed by atoms with Crippen LogP contribution in [0.5, 0.6) is 0 Å². The lowest BCUT2D eigenvalue weighted by Gasteiger charge is -2.05. The van der Waals surface area contributed by atoms with E-state index in [9.17, 15) is 9.18 Å². The third-order valence-electron chi connectivity index (χ3n) is 1.62. The van der Waals surface area contributed by atoms with Crippen LogP contribution in [-0.4, -0.2) is 6.29 Å². The van der Waals surface area contributed by atoms with Gasteiger partial charge in [-0.2, -0.15) is 0 Å². The molecule has 1 aromatic rings. The molecule has 0 unspecified atom stereocenters. The van der Waals surface area contributed by atoms with E-state index in [4.69, 9.17) is 5.73 Å². The first kappa shape index (κ1) is 9.19. The fourth-order valence-electron chi connectivity index (χ4n) is 0.906. The van der Waals surface area contributed by atoms with Crippen molar-refractivity contribution in [1.29, 1.82) is 0 Å². The van der Waals surface area contributed by atoms with Crippen molar-refractivity contribution in [1.82, 2.24) is 0 Å². The average molecular weight is 232 g/mol. The maximum Gasteiger partial charge on any atom is 0.155 e. The summed E-state index contributed by atoms with van der Waals surface area (Å²) in [7, 11) is 0. The monoisotopic (exact) mass is 231 g/mol. The standard InChI is InChI=1S/C8H7BrFNO/c1-4-2-6(9)7(10)5(3-12)8(4)11/h2-3H,11H2,1H3. The van der Waals surface area contributed by atoms with Gasteiger partial charge in [-0.25, -0.2) is 4.39 Å². The highest BCUT2D eigenvalue weighted by Gasteiger charge is 2.11. The van der Waals surface area contributed by atoms with Gasteiger partial charge < -0.3 is 5.73 Å². The van der Waals surface area contributed by atoms with E-state index in [0.717, 1.165) is 0 Å². The van der Waals surface area contributed by atoms with Gasteiger partial charge in [0.05, 0.1) is 10.0 Å². The third-order valence-corrected chi connectivity index (χ3v) is 2.20. The van der Waals surface area contributed by atoms with Gasteiger partial charge in [0.1, 0.15) is 5.82 Å². The Morgan fingerprint density at radius 2 is 2.25 bits per heavy atom. The zero-order valence-electron chi connectivity index (χ0n) is 6.40. The van der Waals surface area contributed by atoms with Crippen LogP contribution >= 0.6 is 15.9 Å². The first-order valence-corrected chi connectivity index (χ1v) is 4.06. The zero-order chi connectivity index (χ0) is 9.30. The quantitative estimate of drug-likeness (QED) is 0.596. The summed E-state index contributed by atoms with van der Waals surface area (Å²) in [5.41, 5.74) is 6.27. The highest BCUT2D eigenvalue weighted by Crippen LogP contribution is 2.25. The summed E-state index contributed by atoms with van der Waals surface area (Å²) in [5, 5.41) is 0. The molecule has 0 saturated carbocycles. The number of nitrogen functional groups attached to an aromatic ring is 1. The van der Waals surface area contributed by atoms with Crippen LogP contribution in [-0.2, 0) is 0 Å². The van der Waals surface area contributed by atoms with E-state index in [1.807, 2.05) is 0 Å². The van der Waals surface area contributed by atoms with Gasteiger partial charge in [0.25, 0.3) is 0 Å². The summed E-state index contributed by atoms with van der Waals surface area (Å²) in [6.07, 6.45) is 0.419. The van der Waals surface area contributed by atoms with Gasteiger partial charge in [0, 0.05) is 5.69 Å². The van der Waals surface area contributed by atoms with Crippen molar-refractivity contribution in [2.24, 2.45) is 0 Å². The lowest BCUT2D eigenvalue weighted by molar-refractivity contribution is 0.112. The number of aryl methyl sites for hydroxylation is 1. The zero-order valence-corrected chi connectivity index (χ0v) is 7.98. The Morgan fingerprint density at radius 3 is 2.75 bits per heavy atom. The highest BCUT2D eigenvalue weighted by atomic mass is 79.9. The molecule has 1 rings (SSSR count). The molecular formula is C8H7BrFNO. The van der Waals surface area contributed by atoms with Crippen LogP contribution in [0.25, 0.3) is 0 Å². The van der Waals surface area contributed by atoms with Gasteiger partial charge in [-0.05, 0) is 34.5 Å². The minimum Gasteiger partial charge on any atom is -0.398 e. The van der Waals surface area contributed by atoms with Crippen molar-refractivity contribution in [2.45, 2.75) is 6.92 Å². The van der Waals surface area contributed by atoms with Crippen molar-refractivity contribution >= 4 is 27.9 Å². The normalized spacial score (nSPS) is 9.92. The molecule has 0 spiro atoms. The van der Waals surface area contributed by atoms with E-state index in [1.54, 1.807) is 6.92 Å². The molecule has 0 heterocycles. The number of carbonyl (C=O) groups is 1. The first-order valence-electron chi connectivity index (χ1n) is 3.27. The van der Waals surface area contributed by atoms with E-state index < -0.39 is 5.82 Å². The predicted octanol–water partition coefficient (Wildman–Crippen LogP) is 2.29. The number of nitrogens with two attached hydrogens (primary N) is 1. The first-order chi connectivity index (χ1) is 5.57. The van der Waals surface area contributed by atoms with Crippen molar-refractivity contribution in [3.05, 3.63) is 27.5 Å². The summed E-state index contributed by atoms with van der Waals surface area (Å²) in [6.45, 7) is 1.71. The molecule has 1 aromatic carbocycles. The lowest BCUT2D eigenvalue weighted by atomic mass is 10.1. The number of benzene rings is 1. The Labute approximate surface area is 77.7 Å². The topological polar surface area (TPSA) is 43.1 Å². The Bertz CT molecular complexity index is 312. The van der Waals surface area contributed by atoms with Crippen molar-refractivity contribution in [3.63, 3.8) is 0 Å². The molecule has 2 N–H and O–H groups in total. The molecule has 0 amide bonds. The van der Waals surface area contributed by atoms with Gasteiger partial charge in [0.2, 0.25) is 0 Å². The molecule has 4 heteroatoms. The molecule has 2 nitrogen and oxygen atoms in total. The van der Waals surface area contributed by atoms with Gasteiger partial charge in [-0.1, -0.05) is 0 Å². The molecule has 0 aromatic heterocycles. The molecule has 0 aliphatic carbocycles. The maximum absolute atomic E-state index is 13.1. The number of anilines is 1. The molecule has 0 aliphatic heterocycles. The molecule has 64 valence electrons. The van der Waals surface area contributed by atoms with Crippen LogP contribution in [0.4, 0.5) is 10.1 Å².